The second-order valence-electron chi connectivity index (χ2n) is 8.81. The Hall–Kier alpha value is -2.45. The third-order valence-electron chi connectivity index (χ3n) is 5.52. The highest BCUT2D eigenvalue weighted by Crippen LogP contribution is 2.44. The van der Waals surface area contributed by atoms with Crippen molar-refractivity contribution in [3.63, 3.8) is 0 Å². The number of aromatic nitrogens is 1. The van der Waals surface area contributed by atoms with Crippen molar-refractivity contribution in [2.75, 3.05) is 33.4 Å². The van der Waals surface area contributed by atoms with Crippen molar-refractivity contribution in [2.24, 2.45) is 11.3 Å². The summed E-state index contributed by atoms with van der Waals surface area (Å²) in [5.74, 6) is 0.329. The number of methoxy groups -OCH3 is 1. The first-order chi connectivity index (χ1) is 14.2. The molecule has 0 bridgehead atoms. The fourth-order valence-corrected chi connectivity index (χ4v) is 4.84. The van der Waals surface area contributed by atoms with Gasteiger partial charge in [-0.3, -0.25) is 9.59 Å². The minimum Gasteiger partial charge on any atom is -0.497 e. The number of amides is 1. The number of likely N-dealkylation sites (tertiary alicyclic amines) is 1. The average molecular weight is 431 g/mol. The molecular formula is C22H26N2O5S. The van der Waals surface area contributed by atoms with Crippen LogP contribution >= 0.6 is 11.3 Å². The first-order valence-corrected chi connectivity index (χ1v) is 10.7. The SMILES string of the molecule is COc1ccc(-c2ncc(C(=O)N3C[C@@H]4COC[C@]4(C(=O)OC(C)(C)C)C3)s2)cc1. The maximum absolute atomic E-state index is 13.2. The molecule has 1 amide bonds. The van der Waals surface area contributed by atoms with E-state index in [2.05, 4.69) is 4.98 Å². The predicted octanol–water partition coefficient (Wildman–Crippen LogP) is 3.25. The quantitative estimate of drug-likeness (QED) is 0.693. The van der Waals surface area contributed by atoms with Gasteiger partial charge in [-0.2, -0.15) is 0 Å². The number of fused-ring (bicyclic) bond motifs is 1. The van der Waals surface area contributed by atoms with Gasteiger partial charge < -0.3 is 19.1 Å². The van der Waals surface area contributed by atoms with Crippen LogP contribution in [0.3, 0.4) is 0 Å². The van der Waals surface area contributed by atoms with Crippen molar-refractivity contribution in [3.05, 3.63) is 35.3 Å². The Labute approximate surface area is 180 Å². The van der Waals surface area contributed by atoms with Crippen LogP contribution in [0, 0.1) is 11.3 Å². The Kier molecular flexibility index (Phi) is 5.32. The minimum absolute atomic E-state index is 0.0507. The van der Waals surface area contributed by atoms with Crippen LogP contribution in [0.2, 0.25) is 0 Å². The summed E-state index contributed by atoms with van der Waals surface area (Å²) in [7, 11) is 1.62. The van der Waals surface area contributed by atoms with E-state index in [9.17, 15) is 9.59 Å². The van der Waals surface area contributed by atoms with Gasteiger partial charge in [0.15, 0.2) is 0 Å². The van der Waals surface area contributed by atoms with Gasteiger partial charge >= 0.3 is 5.97 Å². The van der Waals surface area contributed by atoms with Crippen molar-refractivity contribution < 1.29 is 23.8 Å². The van der Waals surface area contributed by atoms with Gasteiger partial charge in [0.05, 0.1) is 26.5 Å². The van der Waals surface area contributed by atoms with Crippen molar-refractivity contribution in [2.45, 2.75) is 26.4 Å². The van der Waals surface area contributed by atoms with Gasteiger partial charge in [0.1, 0.15) is 26.7 Å². The number of carbonyl (C=O) groups is 2. The third kappa shape index (κ3) is 3.81. The molecule has 2 saturated heterocycles. The summed E-state index contributed by atoms with van der Waals surface area (Å²) in [6.45, 7) is 7.08. The van der Waals surface area contributed by atoms with Crippen molar-refractivity contribution >= 4 is 23.2 Å². The minimum atomic E-state index is -0.785. The van der Waals surface area contributed by atoms with Crippen LogP contribution in [0.15, 0.2) is 30.5 Å². The van der Waals surface area contributed by atoms with Gasteiger partial charge in [-0.15, -0.1) is 11.3 Å². The summed E-state index contributed by atoms with van der Waals surface area (Å²) < 4.78 is 16.5. The van der Waals surface area contributed by atoms with Gasteiger partial charge in [-0.25, -0.2) is 4.98 Å². The van der Waals surface area contributed by atoms with E-state index in [-0.39, 0.29) is 24.4 Å². The summed E-state index contributed by atoms with van der Waals surface area (Å²) >= 11 is 1.35. The second-order valence-corrected chi connectivity index (χ2v) is 9.84. The Morgan fingerprint density at radius 2 is 2.00 bits per heavy atom. The van der Waals surface area contributed by atoms with Gasteiger partial charge in [-0.05, 0) is 45.0 Å². The highest BCUT2D eigenvalue weighted by molar-refractivity contribution is 7.16. The number of thiazole rings is 1. The van der Waals surface area contributed by atoms with Gasteiger partial charge in [-0.1, -0.05) is 0 Å². The molecule has 0 radical (unpaired) electrons. The number of esters is 1. The molecule has 30 heavy (non-hydrogen) atoms. The molecule has 0 N–H and O–H groups in total. The largest absolute Gasteiger partial charge is 0.497 e. The normalized spacial score (nSPS) is 23.3. The molecule has 4 rings (SSSR count). The topological polar surface area (TPSA) is 78.0 Å². The predicted molar refractivity (Wildman–Crippen MR) is 113 cm³/mol. The fraction of sp³-hybridized carbons (Fsp3) is 0.500. The lowest BCUT2D eigenvalue weighted by atomic mass is 9.81. The Morgan fingerprint density at radius 3 is 2.67 bits per heavy atom. The molecule has 1 aromatic carbocycles. The zero-order chi connectivity index (χ0) is 21.5. The van der Waals surface area contributed by atoms with Crippen LogP contribution in [0.1, 0.15) is 30.4 Å². The summed E-state index contributed by atoms with van der Waals surface area (Å²) in [6.07, 6.45) is 1.61. The number of hydrogen-bond acceptors (Lipinski definition) is 7. The third-order valence-corrected chi connectivity index (χ3v) is 6.55. The highest BCUT2D eigenvalue weighted by Gasteiger charge is 2.58. The molecule has 8 heteroatoms. The van der Waals surface area contributed by atoms with E-state index in [1.165, 1.54) is 11.3 Å². The molecule has 0 spiro atoms. The smallest absolute Gasteiger partial charge is 0.317 e. The van der Waals surface area contributed by atoms with Crippen molar-refractivity contribution in [3.8, 4) is 16.3 Å². The number of ether oxygens (including phenoxy) is 3. The zero-order valence-corrected chi connectivity index (χ0v) is 18.5. The Morgan fingerprint density at radius 1 is 1.27 bits per heavy atom. The van der Waals surface area contributed by atoms with E-state index in [0.717, 1.165) is 16.3 Å². The lowest BCUT2D eigenvalue weighted by molar-refractivity contribution is -0.168. The van der Waals surface area contributed by atoms with E-state index in [1.807, 2.05) is 45.0 Å². The number of nitrogens with zero attached hydrogens (tertiary/aromatic N) is 2. The van der Waals surface area contributed by atoms with E-state index < -0.39 is 11.0 Å². The lowest BCUT2D eigenvalue weighted by Gasteiger charge is -2.29. The fourth-order valence-electron chi connectivity index (χ4n) is 3.95. The number of carbonyl (C=O) groups excluding carboxylic acids is 2. The van der Waals surface area contributed by atoms with E-state index in [4.69, 9.17) is 14.2 Å². The van der Waals surface area contributed by atoms with Crippen molar-refractivity contribution in [1.82, 2.24) is 9.88 Å². The Bertz CT molecular complexity index is 949. The zero-order valence-electron chi connectivity index (χ0n) is 17.6. The summed E-state index contributed by atoms with van der Waals surface area (Å²) in [5.41, 5.74) is -0.440. The van der Waals surface area contributed by atoms with E-state index in [0.29, 0.717) is 24.6 Å². The number of rotatable bonds is 4. The maximum atomic E-state index is 13.2. The number of benzene rings is 1. The molecule has 2 aliphatic rings. The van der Waals surface area contributed by atoms with Crippen LogP contribution in [-0.4, -0.2) is 60.8 Å². The van der Waals surface area contributed by atoms with E-state index >= 15 is 0 Å². The van der Waals surface area contributed by atoms with Gasteiger partial charge in [0.2, 0.25) is 0 Å². The summed E-state index contributed by atoms with van der Waals surface area (Å²) in [5, 5.41) is 0.769. The van der Waals surface area contributed by atoms with Gasteiger partial charge in [0, 0.05) is 24.6 Å². The molecule has 3 heterocycles. The molecule has 0 unspecified atom stereocenters. The molecule has 2 fully saturated rings. The van der Waals surface area contributed by atoms with Crippen LogP contribution < -0.4 is 4.74 Å². The van der Waals surface area contributed by atoms with Crippen LogP contribution in [-0.2, 0) is 14.3 Å². The molecule has 160 valence electrons. The van der Waals surface area contributed by atoms with E-state index in [1.54, 1.807) is 18.2 Å². The molecule has 0 saturated carbocycles. The lowest BCUT2D eigenvalue weighted by Crippen LogP contribution is -2.44. The monoisotopic (exact) mass is 430 g/mol. The molecule has 7 nitrogen and oxygen atoms in total. The molecule has 2 aromatic rings. The summed E-state index contributed by atoms with van der Waals surface area (Å²) in [4.78, 5) is 32.8. The maximum Gasteiger partial charge on any atom is 0.317 e. The average Bonchev–Trinajstić information content (AvgIpc) is 3.40. The molecule has 1 aromatic heterocycles. The van der Waals surface area contributed by atoms with Gasteiger partial charge in [0.25, 0.3) is 5.91 Å². The highest BCUT2D eigenvalue weighted by atomic mass is 32.1. The van der Waals surface area contributed by atoms with Crippen LogP contribution in [0.5, 0.6) is 5.75 Å². The molecule has 2 atom stereocenters. The Balaban J connectivity index is 1.51. The second kappa shape index (κ2) is 7.67. The van der Waals surface area contributed by atoms with Crippen LogP contribution in [0.4, 0.5) is 0 Å². The molecular weight excluding hydrogens is 404 g/mol. The molecule has 0 aliphatic carbocycles. The molecule has 2 aliphatic heterocycles. The van der Waals surface area contributed by atoms with Crippen molar-refractivity contribution in [1.29, 1.82) is 0 Å². The standard InChI is InChI=1S/C22H26N2O5S/c1-21(2,3)29-20(26)22-12-24(10-15(22)11-28-13-22)19(25)17-9-23-18(30-17)14-5-7-16(27-4)8-6-14/h5-9,15H,10-13H2,1-4H3/t15-,22-/m1/s1. The van der Waals surface area contributed by atoms with Crippen LogP contribution in [0.25, 0.3) is 10.6 Å². The summed E-state index contributed by atoms with van der Waals surface area (Å²) in [6, 6.07) is 7.57. The first kappa shape index (κ1) is 20.8. The number of hydrogen-bond donors (Lipinski definition) is 0. The first-order valence-electron chi connectivity index (χ1n) is 9.92.